The van der Waals surface area contributed by atoms with Crippen molar-refractivity contribution < 1.29 is 4.74 Å². The third kappa shape index (κ3) is 1.57. The maximum atomic E-state index is 5.72. The van der Waals surface area contributed by atoms with E-state index < -0.39 is 0 Å². The minimum Gasteiger partial charge on any atom is -0.363 e. The van der Waals surface area contributed by atoms with Crippen molar-refractivity contribution in [3.8, 4) is 0 Å². The zero-order valence-electron chi connectivity index (χ0n) is 7.25. The lowest BCUT2D eigenvalue weighted by molar-refractivity contribution is -0.108. The average Bonchev–Trinajstić information content (AvgIpc) is 2.04. The first-order valence-corrected chi connectivity index (χ1v) is 4.66. The van der Waals surface area contributed by atoms with Gasteiger partial charge in [0.1, 0.15) is 0 Å². The molecular weight excluding hydrogens is 138 g/mol. The van der Waals surface area contributed by atoms with Crippen LogP contribution in [0.1, 0.15) is 25.7 Å². The van der Waals surface area contributed by atoms with Gasteiger partial charge in [-0.1, -0.05) is 12.8 Å². The monoisotopic (exact) mass is 155 g/mol. The van der Waals surface area contributed by atoms with E-state index >= 15 is 0 Å². The van der Waals surface area contributed by atoms with Gasteiger partial charge in [0.25, 0.3) is 0 Å². The summed E-state index contributed by atoms with van der Waals surface area (Å²) in [6.45, 7) is 2.10. The van der Waals surface area contributed by atoms with E-state index in [1.54, 1.807) is 0 Å². The molecule has 0 aromatic rings. The maximum absolute atomic E-state index is 5.72. The van der Waals surface area contributed by atoms with E-state index in [-0.39, 0.29) is 0 Å². The lowest BCUT2D eigenvalue weighted by Gasteiger charge is -2.39. The SMILES string of the molecule is CN1CO[C@H]2CCCC[C@H]2C1. The standard InChI is InChI=1S/C9H17NO/c1-10-6-8-4-2-3-5-9(8)11-7-10/h8-9H,2-7H2,1H3/t8-,9-/m0/s1. The van der Waals surface area contributed by atoms with Crippen LogP contribution in [0.2, 0.25) is 0 Å². The van der Waals surface area contributed by atoms with E-state index in [1.807, 2.05) is 0 Å². The first-order chi connectivity index (χ1) is 5.36. The van der Waals surface area contributed by atoms with Crippen molar-refractivity contribution >= 4 is 0 Å². The Morgan fingerprint density at radius 3 is 3.00 bits per heavy atom. The largest absolute Gasteiger partial charge is 0.363 e. The van der Waals surface area contributed by atoms with Gasteiger partial charge >= 0.3 is 0 Å². The smallest absolute Gasteiger partial charge is 0.0991 e. The Kier molecular flexibility index (Phi) is 2.14. The second kappa shape index (κ2) is 3.11. The molecule has 1 aliphatic carbocycles. The van der Waals surface area contributed by atoms with Gasteiger partial charge in [0.2, 0.25) is 0 Å². The Morgan fingerprint density at radius 2 is 2.09 bits per heavy atom. The van der Waals surface area contributed by atoms with E-state index in [4.69, 9.17) is 4.74 Å². The number of hydrogen-bond donors (Lipinski definition) is 0. The highest BCUT2D eigenvalue weighted by molar-refractivity contribution is 4.80. The molecule has 2 rings (SSSR count). The minimum atomic E-state index is 0.597. The fraction of sp³-hybridized carbons (Fsp3) is 1.00. The van der Waals surface area contributed by atoms with Gasteiger partial charge in [0.15, 0.2) is 0 Å². The third-order valence-electron chi connectivity index (χ3n) is 2.89. The Balaban J connectivity index is 1.93. The highest BCUT2D eigenvalue weighted by atomic mass is 16.5. The Labute approximate surface area is 68.5 Å². The second-order valence-electron chi connectivity index (χ2n) is 3.92. The number of fused-ring (bicyclic) bond motifs is 1. The fourth-order valence-corrected chi connectivity index (χ4v) is 2.28. The molecule has 11 heavy (non-hydrogen) atoms. The molecule has 2 fully saturated rings. The molecule has 0 spiro atoms. The van der Waals surface area contributed by atoms with Crippen molar-refractivity contribution in [2.45, 2.75) is 31.8 Å². The van der Waals surface area contributed by atoms with Gasteiger partial charge in [-0.25, -0.2) is 0 Å². The predicted molar refractivity (Wildman–Crippen MR) is 44.3 cm³/mol. The molecular formula is C9H17NO. The Morgan fingerprint density at radius 1 is 1.27 bits per heavy atom. The van der Waals surface area contributed by atoms with Crippen LogP contribution in [-0.4, -0.2) is 31.3 Å². The van der Waals surface area contributed by atoms with Crippen LogP contribution < -0.4 is 0 Å². The number of ether oxygens (including phenoxy) is 1. The summed E-state index contributed by atoms with van der Waals surface area (Å²) in [5.74, 6) is 0.836. The first-order valence-electron chi connectivity index (χ1n) is 4.66. The summed E-state index contributed by atoms with van der Waals surface area (Å²) in [4.78, 5) is 2.28. The summed E-state index contributed by atoms with van der Waals surface area (Å²) >= 11 is 0. The van der Waals surface area contributed by atoms with Gasteiger partial charge in [0.05, 0.1) is 12.8 Å². The lowest BCUT2D eigenvalue weighted by Crippen LogP contribution is -2.44. The molecule has 64 valence electrons. The average molecular weight is 155 g/mol. The quantitative estimate of drug-likeness (QED) is 0.525. The zero-order chi connectivity index (χ0) is 7.68. The summed E-state index contributed by atoms with van der Waals surface area (Å²) in [5, 5.41) is 0. The first kappa shape index (κ1) is 7.56. The lowest BCUT2D eigenvalue weighted by atomic mass is 9.85. The van der Waals surface area contributed by atoms with Gasteiger partial charge in [-0.2, -0.15) is 0 Å². The highest BCUT2D eigenvalue weighted by Crippen LogP contribution is 2.29. The molecule has 1 saturated heterocycles. The van der Waals surface area contributed by atoms with Crippen LogP contribution in [0.25, 0.3) is 0 Å². The van der Waals surface area contributed by atoms with Crippen LogP contribution in [0.15, 0.2) is 0 Å². The molecule has 0 radical (unpaired) electrons. The van der Waals surface area contributed by atoms with Gasteiger partial charge in [-0.05, 0) is 25.8 Å². The third-order valence-corrected chi connectivity index (χ3v) is 2.89. The van der Waals surface area contributed by atoms with Gasteiger partial charge < -0.3 is 4.74 Å². The topological polar surface area (TPSA) is 12.5 Å². The summed E-state index contributed by atoms with van der Waals surface area (Å²) in [7, 11) is 2.14. The Hall–Kier alpha value is -0.0800. The number of nitrogens with zero attached hydrogens (tertiary/aromatic N) is 1. The van der Waals surface area contributed by atoms with E-state index in [1.165, 1.54) is 32.2 Å². The summed E-state index contributed by atoms with van der Waals surface area (Å²) < 4.78 is 5.72. The van der Waals surface area contributed by atoms with Crippen molar-refractivity contribution in [3.05, 3.63) is 0 Å². The van der Waals surface area contributed by atoms with Gasteiger partial charge in [-0.3, -0.25) is 4.90 Å². The van der Waals surface area contributed by atoms with Crippen molar-refractivity contribution in [1.82, 2.24) is 4.90 Å². The fourth-order valence-electron chi connectivity index (χ4n) is 2.28. The van der Waals surface area contributed by atoms with Crippen LogP contribution in [-0.2, 0) is 4.74 Å². The molecule has 2 heteroatoms. The summed E-state index contributed by atoms with van der Waals surface area (Å²) in [6, 6.07) is 0. The molecule has 0 N–H and O–H groups in total. The normalized spacial score (nSPS) is 40.1. The molecule has 2 atom stereocenters. The van der Waals surface area contributed by atoms with E-state index in [9.17, 15) is 0 Å². The molecule has 0 aromatic heterocycles. The molecule has 0 aromatic carbocycles. The molecule has 2 aliphatic rings. The van der Waals surface area contributed by atoms with E-state index in [2.05, 4.69) is 11.9 Å². The molecule has 0 bridgehead atoms. The Bertz CT molecular complexity index is 138. The summed E-state index contributed by atoms with van der Waals surface area (Å²) in [6.07, 6.45) is 6.08. The molecule has 0 unspecified atom stereocenters. The van der Waals surface area contributed by atoms with Crippen LogP contribution in [0.4, 0.5) is 0 Å². The van der Waals surface area contributed by atoms with Crippen molar-refractivity contribution in [2.75, 3.05) is 20.3 Å². The second-order valence-corrected chi connectivity index (χ2v) is 3.92. The van der Waals surface area contributed by atoms with Crippen molar-refractivity contribution in [1.29, 1.82) is 0 Å². The summed E-state index contributed by atoms with van der Waals surface area (Å²) in [5.41, 5.74) is 0. The van der Waals surface area contributed by atoms with E-state index in [0.717, 1.165) is 12.6 Å². The van der Waals surface area contributed by atoms with Crippen LogP contribution in [0, 0.1) is 5.92 Å². The number of hydrogen-bond acceptors (Lipinski definition) is 2. The molecule has 1 aliphatic heterocycles. The number of rotatable bonds is 0. The van der Waals surface area contributed by atoms with Crippen LogP contribution in [0.3, 0.4) is 0 Å². The van der Waals surface area contributed by atoms with E-state index in [0.29, 0.717) is 6.10 Å². The van der Waals surface area contributed by atoms with Crippen LogP contribution in [0.5, 0.6) is 0 Å². The van der Waals surface area contributed by atoms with Gasteiger partial charge in [0, 0.05) is 6.54 Å². The zero-order valence-corrected chi connectivity index (χ0v) is 7.25. The van der Waals surface area contributed by atoms with Crippen LogP contribution >= 0.6 is 0 Å². The van der Waals surface area contributed by atoms with Gasteiger partial charge in [-0.15, -0.1) is 0 Å². The molecule has 2 nitrogen and oxygen atoms in total. The van der Waals surface area contributed by atoms with Crippen molar-refractivity contribution in [2.24, 2.45) is 5.92 Å². The highest BCUT2D eigenvalue weighted by Gasteiger charge is 2.30. The molecule has 1 heterocycles. The maximum Gasteiger partial charge on any atom is 0.0991 e. The van der Waals surface area contributed by atoms with Crippen molar-refractivity contribution in [3.63, 3.8) is 0 Å². The minimum absolute atomic E-state index is 0.597. The molecule has 1 saturated carbocycles. The molecule has 0 amide bonds. The predicted octanol–water partition coefficient (Wildman–Crippen LogP) is 1.46.